The van der Waals surface area contributed by atoms with Gasteiger partial charge in [0.2, 0.25) is 10.0 Å². The molecule has 18 heavy (non-hydrogen) atoms. The number of nitriles is 1. The lowest BCUT2D eigenvalue weighted by Gasteiger charge is -2.06. The highest BCUT2D eigenvalue weighted by molar-refractivity contribution is 7.89. The molecule has 0 saturated heterocycles. The predicted octanol–water partition coefficient (Wildman–Crippen LogP) is 1.63. The van der Waals surface area contributed by atoms with Crippen LogP contribution in [0.5, 0.6) is 0 Å². The number of sulfonamides is 1. The Hall–Kier alpha value is -1.58. The van der Waals surface area contributed by atoms with Crippen LogP contribution in [0, 0.1) is 11.3 Å². The van der Waals surface area contributed by atoms with Gasteiger partial charge in [0.1, 0.15) is 0 Å². The molecule has 0 saturated carbocycles. The highest BCUT2D eigenvalue weighted by Crippen LogP contribution is 2.11. The maximum atomic E-state index is 11.8. The molecule has 0 fully saturated rings. The number of nitrogen functional groups attached to an aromatic ring is 1. The van der Waals surface area contributed by atoms with Crippen LogP contribution in [0.4, 0.5) is 5.69 Å². The first-order valence-electron chi connectivity index (χ1n) is 5.78. The number of anilines is 1. The molecule has 6 heteroatoms. The minimum Gasteiger partial charge on any atom is -0.399 e. The van der Waals surface area contributed by atoms with E-state index in [1.807, 2.05) is 0 Å². The number of benzene rings is 1. The third-order valence-corrected chi connectivity index (χ3v) is 3.92. The van der Waals surface area contributed by atoms with Gasteiger partial charge < -0.3 is 5.73 Å². The van der Waals surface area contributed by atoms with Crippen LogP contribution >= 0.6 is 0 Å². The molecule has 5 nitrogen and oxygen atoms in total. The predicted molar refractivity (Wildman–Crippen MR) is 70.1 cm³/mol. The number of rotatable bonds is 7. The molecular formula is C12H17N3O2S. The van der Waals surface area contributed by atoms with Gasteiger partial charge in [-0.1, -0.05) is 6.42 Å². The smallest absolute Gasteiger partial charge is 0.240 e. The number of nitrogens with one attached hydrogen (secondary N) is 1. The first kappa shape index (κ1) is 14.5. The standard InChI is InChI=1S/C12H17N3O2S/c13-9-3-1-2-4-10-15-18(16,17)12-7-5-11(14)6-8-12/h5-8,15H,1-4,10,14H2. The zero-order valence-electron chi connectivity index (χ0n) is 10.1. The Bertz CT molecular complexity index is 503. The molecule has 0 aliphatic carbocycles. The second-order valence-corrected chi connectivity index (χ2v) is 5.70. The van der Waals surface area contributed by atoms with E-state index >= 15 is 0 Å². The molecule has 0 aliphatic rings. The van der Waals surface area contributed by atoms with Gasteiger partial charge >= 0.3 is 0 Å². The van der Waals surface area contributed by atoms with Crippen molar-refractivity contribution in [2.45, 2.75) is 30.6 Å². The second-order valence-electron chi connectivity index (χ2n) is 3.94. The maximum absolute atomic E-state index is 11.8. The zero-order chi connectivity index (χ0) is 13.4. The minimum absolute atomic E-state index is 0.216. The molecule has 0 aliphatic heterocycles. The second kappa shape index (κ2) is 6.99. The van der Waals surface area contributed by atoms with E-state index in [2.05, 4.69) is 10.8 Å². The van der Waals surface area contributed by atoms with Gasteiger partial charge in [0.15, 0.2) is 0 Å². The first-order chi connectivity index (χ1) is 8.56. The quantitative estimate of drug-likeness (QED) is 0.579. The van der Waals surface area contributed by atoms with E-state index in [0.29, 0.717) is 18.7 Å². The summed E-state index contributed by atoms with van der Waals surface area (Å²) in [4.78, 5) is 0.216. The third kappa shape index (κ3) is 4.73. The maximum Gasteiger partial charge on any atom is 0.240 e. The Morgan fingerprint density at radius 3 is 2.44 bits per heavy atom. The van der Waals surface area contributed by atoms with Gasteiger partial charge in [0, 0.05) is 18.7 Å². The van der Waals surface area contributed by atoms with E-state index in [1.165, 1.54) is 12.1 Å². The fourth-order valence-electron chi connectivity index (χ4n) is 1.44. The van der Waals surface area contributed by atoms with Crippen LogP contribution in [-0.2, 0) is 10.0 Å². The normalized spacial score (nSPS) is 11.1. The topological polar surface area (TPSA) is 96.0 Å². The van der Waals surface area contributed by atoms with E-state index in [9.17, 15) is 8.42 Å². The van der Waals surface area contributed by atoms with Crippen LogP contribution in [0.25, 0.3) is 0 Å². The van der Waals surface area contributed by atoms with Gasteiger partial charge in [0.05, 0.1) is 11.0 Å². The summed E-state index contributed by atoms with van der Waals surface area (Å²) in [6.07, 6.45) is 2.90. The van der Waals surface area contributed by atoms with Crippen LogP contribution in [0.2, 0.25) is 0 Å². The fraction of sp³-hybridized carbons (Fsp3) is 0.417. The van der Waals surface area contributed by atoms with E-state index < -0.39 is 10.0 Å². The Kier molecular flexibility index (Phi) is 5.62. The molecule has 0 heterocycles. The van der Waals surface area contributed by atoms with Crippen molar-refractivity contribution in [3.8, 4) is 6.07 Å². The Balaban J connectivity index is 2.41. The summed E-state index contributed by atoms with van der Waals surface area (Å²) < 4.78 is 26.2. The summed E-state index contributed by atoms with van der Waals surface area (Å²) in [5, 5.41) is 8.35. The zero-order valence-corrected chi connectivity index (χ0v) is 10.9. The molecule has 0 aromatic heterocycles. The summed E-state index contributed by atoms with van der Waals surface area (Å²) in [7, 11) is -3.44. The lowest BCUT2D eigenvalue weighted by molar-refractivity contribution is 0.575. The fourth-order valence-corrected chi connectivity index (χ4v) is 2.52. The number of hydrogen-bond donors (Lipinski definition) is 2. The molecule has 1 aromatic rings. The van der Waals surface area contributed by atoms with E-state index in [-0.39, 0.29) is 4.90 Å². The third-order valence-electron chi connectivity index (χ3n) is 2.45. The van der Waals surface area contributed by atoms with Crippen molar-refractivity contribution in [1.82, 2.24) is 4.72 Å². The lowest BCUT2D eigenvalue weighted by atomic mass is 10.2. The molecular weight excluding hydrogens is 250 g/mol. The summed E-state index contributed by atoms with van der Waals surface area (Å²) in [6.45, 7) is 0.387. The van der Waals surface area contributed by atoms with Gasteiger partial charge in [-0.25, -0.2) is 13.1 Å². The van der Waals surface area contributed by atoms with Crippen molar-refractivity contribution >= 4 is 15.7 Å². The number of nitrogens with two attached hydrogens (primary N) is 1. The van der Waals surface area contributed by atoms with Crippen molar-refractivity contribution < 1.29 is 8.42 Å². The average Bonchev–Trinajstić information content (AvgIpc) is 2.34. The SMILES string of the molecule is N#CCCCCCNS(=O)(=O)c1ccc(N)cc1. The van der Waals surface area contributed by atoms with Crippen molar-refractivity contribution in [2.75, 3.05) is 12.3 Å². The lowest BCUT2D eigenvalue weighted by Crippen LogP contribution is -2.24. The molecule has 0 atom stereocenters. The highest BCUT2D eigenvalue weighted by atomic mass is 32.2. The molecule has 0 bridgehead atoms. The van der Waals surface area contributed by atoms with Crippen LogP contribution in [0.3, 0.4) is 0 Å². The van der Waals surface area contributed by atoms with Crippen molar-refractivity contribution in [3.05, 3.63) is 24.3 Å². The van der Waals surface area contributed by atoms with E-state index in [4.69, 9.17) is 11.0 Å². The van der Waals surface area contributed by atoms with E-state index in [0.717, 1.165) is 19.3 Å². The molecule has 3 N–H and O–H groups in total. The van der Waals surface area contributed by atoms with Gasteiger partial charge in [-0.3, -0.25) is 0 Å². The summed E-state index contributed by atoms with van der Waals surface area (Å²) >= 11 is 0. The largest absolute Gasteiger partial charge is 0.399 e. The van der Waals surface area contributed by atoms with Gasteiger partial charge in [-0.2, -0.15) is 5.26 Å². The summed E-state index contributed by atoms with van der Waals surface area (Å²) in [5.74, 6) is 0. The molecule has 1 aromatic carbocycles. The van der Waals surface area contributed by atoms with Crippen LogP contribution in [0.15, 0.2) is 29.2 Å². The molecule has 0 radical (unpaired) electrons. The monoisotopic (exact) mass is 267 g/mol. The molecule has 0 spiro atoms. The van der Waals surface area contributed by atoms with Crippen LogP contribution in [-0.4, -0.2) is 15.0 Å². The molecule has 98 valence electrons. The molecule has 1 rings (SSSR count). The van der Waals surface area contributed by atoms with Crippen LogP contribution in [0.1, 0.15) is 25.7 Å². The number of nitrogens with zero attached hydrogens (tertiary/aromatic N) is 1. The minimum atomic E-state index is -3.44. The van der Waals surface area contributed by atoms with Crippen molar-refractivity contribution in [2.24, 2.45) is 0 Å². The molecule has 0 amide bonds. The summed E-state index contributed by atoms with van der Waals surface area (Å²) in [5.41, 5.74) is 6.03. The van der Waals surface area contributed by atoms with Crippen LogP contribution < -0.4 is 10.5 Å². The van der Waals surface area contributed by atoms with Crippen molar-refractivity contribution in [1.29, 1.82) is 5.26 Å². The Labute approximate surface area is 108 Å². The van der Waals surface area contributed by atoms with Crippen molar-refractivity contribution in [3.63, 3.8) is 0 Å². The van der Waals surface area contributed by atoms with Gasteiger partial charge in [-0.05, 0) is 37.1 Å². The van der Waals surface area contributed by atoms with E-state index in [1.54, 1.807) is 12.1 Å². The first-order valence-corrected chi connectivity index (χ1v) is 7.27. The molecule has 0 unspecified atom stereocenters. The Morgan fingerprint density at radius 1 is 1.17 bits per heavy atom. The number of hydrogen-bond acceptors (Lipinski definition) is 4. The van der Waals surface area contributed by atoms with Gasteiger partial charge in [-0.15, -0.1) is 0 Å². The van der Waals surface area contributed by atoms with Gasteiger partial charge in [0.25, 0.3) is 0 Å². The summed E-state index contributed by atoms with van der Waals surface area (Å²) in [6, 6.07) is 8.13. The Morgan fingerprint density at radius 2 is 1.83 bits per heavy atom. The highest BCUT2D eigenvalue weighted by Gasteiger charge is 2.12. The number of unbranched alkanes of at least 4 members (excludes halogenated alkanes) is 3. The average molecular weight is 267 g/mol.